The molecule has 1 saturated heterocycles. The van der Waals surface area contributed by atoms with E-state index in [1.807, 2.05) is 18.3 Å². The van der Waals surface area contributed by atoms with Crippen molar-refractivity contribution in [3.8, 4) is 0 Å². The van der Waals surface area contributed by atoms with Gasteiger partial charge >= 0.3 is 5.97 Å². The molecule has 2 N–H and O–H groups in total. The molecule has 1 aromatic heterocycles. The van der Waals surface area contributed by atoms with Crippen molar-refractivity contribution in [3.63, 3.8) is 0 Å². The van der Waals surface area contributed by atoms with E-state index < -0.39 is 5.41 Å². The number of carbonyl (C=O) groups excluding carboxylic acids is 1. The fourth-order valence-electron chi connectivity index (χ4n) is 3.05. The summed E-state index contributed by atoms with van der Waals surface area (Å²) < 4.78 is 10.4. The summed E-state index contributed by atoms with van der Waals surface area (Å²) in [4.78, 5) is 12.2. The van der Waals surface area contributed by atoms with Gasteiger partial charge in [-0.25, -0.2) is 0 Å². The van der Waals surface area contributed by atoms with Gasteiger partial charge in [0.2, 0.25) is 0 Å². The maximum absolute atomic E-state index is 12.2. The van der Waals surface area contributed by atoms with Gasteiger partial charge in [-0.2, -0.15) is 5.10 Å². The fourth-order valence-corrected chi connectivity index (χ4v) is 3.05. The van der Waals surface area contributed by atoms with Gasteiger partial charge in [-0.05, 0) is 18.4 Å². The molecule has 6 nitrogen and oxygen atoms in total. The minimum Gasteiger partial charge on any atom is -0.469 e. The first-order valence-electron chi connectivity index (χ1n) is 7.53. The van der Waals surface area contributed by atoms with Gasteiger partial charge in [-0.3, -0.25) is 9.89 Å². The number of nitrogens with zero attached hydrogens (tertiary/aromatic N) is 1. The highest BCUT2D eigenvalue weighted by Crippen LogP contribution is 2.31. The Morgan fingerprint density at radius 1 is 1.45 bits per heavy atom. The van der Waals surface area contributed by atoms with Gasteiger partial charge in [-0.15, -0.1) is 0 Å². The number of esters is 1. The molecule has 1 aromatic carbocycles. The summed E-state index contributed by atoms with van der Waals surface area (Å²) in [5.74, 6) is -0.150. The van der Waals surface area contributed by atoms with Crippen LogP contribution in [0.25, 0.3) is 10.9 Å². The summed E-state index contributed by atoms with van der Waals surface area (Å²) in [6, 6.07) is 6.10. The molecule has 1 fully saturated rings. The molecule has 1 aliphatic rings. The highest BCUT2D eigenvalue weighted by molar-refractivity contribution is 5.81. The van der Waals surface area contributed by atoms with Crippen LogP contribution in [0.2, 0.25) is 0 Å². The maximum atomic E-state index is 12.2. The summed E-state index contributed by atoms with van der Waals surface area (Å²) >= 11 is 0. The summed E-state index contributed by atoms with van der Waals surface area (Å²) in [5, 5.41) is 11.6. The molecule has 0 amide bonds. The fraction of sp³-hybridized carbons (Fsp3) is 0.500. The van der Waals surface area contributed by atoms with E-state index in [-0.39, 0.29) is 5.97 Å². The number of fused-ring (bicyclic) bond motifs is 1. The molecule has 0 spiro atoms. The molecule has 0 aliphatic carbocycles. The smallest absolute Gasteiger partial charge is 0.313 e. The summed E-state index contributed by atoms with van der Waals surface area (Å²) in [6.07, 6.45) is 3.20. The Hall–Kier alpha value is -1.92. The van der Waals surface area contributed by atoms with Gasteiger partial charge in [0.25, 0.3) is 0 Å². The molecular weight excluding hydrogens is 282 g/mol. The Balaban J connectivity index is 1.68. The number of aromatic nitrogens is 2. The highest BCUT2D eigenvalue weighted by Gasteiger charge is 2.40. The van der Waals surface area contributed by atoms with Gasteiger partial charge in [0.1, 0.15) is 0 Å². The second kappa shape index (κ2) is 6.46. The van der Waals surface area contributed by atoms with E-state index in [0.717, 1.165) is 16.5 Å². The van der Waals surface area contributed by atoms with Crippen LogP contribution in [0.5, 0.6) is 0 Å². The zero-order chi connectivity index (χ0) is 15.4. The Kier molecular flexibility index (Phi) is 4.40. The molecule has 0 unspecified atom stereocenters. The molecule has 3 rings (SSSR count). The van der Waals surface area contributed by atoms with Crippen molar-refractivity contribution in [1.29, 1.82) is 0 Å². The van der Waals surface area contributed by atoms with Crippen molar-refractivity contribution >= 4 is 16.9 Å². The lowest BCUT2D eigenvalue weighted by atomic mass is 9.80. The molecule has 0 saturated carbocycles. The number of benzene rings is 1. The molecule has 118 valence electrons. The number of hydrogen-bond acceptors (Lipinski definition) is 5. The lowest BCUT2D eigenvalue weighted by Crippen LogP contribution is -2.45. The highest BCUT2D eigenvalue weighted by atomic mass is 16.5. The third kappa shape index (κ3) is 2.84. The lowest BCUT2D eigenvalue weighted by molar-refractivity contribution is -0.158. The predicted molar refractivity (Wildman–Crippen MR) is 82.3 cm³/mol. The van der Waals surface area contributed by atoms with E-state index in [0.29, 0.717) is 39.1 Å². The maximum Gasteiger partial charge on any atom is 0.313 e. The Morgan fingerprint density at radius 3 is 3.05 bits per heavy atom. The number of methoxy groups -OCH3 is 1. The average molecular weight is 303 g/mol. The van der Waals surface area contributed by atoms with Crippen molar-refractivity contribution in [2.75, 3.05) is 26.9 Å². The number of nitrogens with one attached hydrogen (secondary N) is 2. The Bertz CT molecular complexity index is 647. The zero-order valence-corrected chi connectivity index (χ0v) is 12.7. The van der Waals surface area contributed by atoms with Crippen LogP contribution in [0, 0.1) is 5.41 Å². The number of aromatic amines is 1. The molecule has 2 heterocycles. The van der Waals surface area contributed by atoms with Gasteiger partial charge in [-0.1, -0.05) is 18.2 Å². The number of carbonyl (C=O) groups is 1. The third-order valence-corrected chi connectivity index (χ3v) is 4.41. The first-order chi connectivity index (χ1) is 10.7. The topological polar surface area (TPSA) is 76.2 Å². The number of H-pyrrole nitrogens is 1. The van der Waals surface area contributed by atoms with Crippen molar-refractivity contribution in [2.24, 2.45) is 5.41 Å². The second-order valence-electron chi connectivity index (χ2n) is 5.74. The predicted octanol–water partition coefficient (Wildman–Crippen LogP) is 1.62. The first-order valence-corrected chi connectivity index (χ1v) is 7.53. The lowest BCUT2D eigenvalue weighted by Gasteiger charge is -2.34. The van der Waals surface area contributed by atoms with Crippen LogP contribution in [-0.2, 0) is 20.8 Å². The van der Waals surface area contributed by atoms with Gasteiger partial charge < -0.3 is 14.8 Å². The first kappa shape index (κ1) is 15.0. The molecule has 0 bridgehead atoms. The zero-order valence-electron chi connectivity index (χ0n) is 12.7. The van der Waals surface area contributed by atoms with E-state index in [1.165, 1.54) is 7.11 Å². The second-order valence-corrected chi connectivity index (χ2v) is 5.74. The standard InChI is InChI=1S/C16H21N3O3/c1-21-15(20)16(5-7-22-8-6-16)11-17-9-12-3-2-4-13-10-18-19-14(12)13/h2-4,10,17H,5-9,11H2,1H3,(H,18,19). The molecule has 0 radical (unpaired) electrons. The number of para-hydroxylation sites is 1. The third-order valence-electron chi connectivity index (χ3n) is 4.41. The van der Waals surface area contributed by atoms with E-state index in [1.54, 1.807) is 0 Å². The minimum absolute atomic E-state index is 0.150. The van der Waals surface area contributed by atoms with Gasteiger partial charge in [0.15, 0.2) is 0 Å². The largest absolute Gasteiger partial charge is 0.469 e. The van der Waals surface area contributed by atoms with Crippen molar-refractivity contribution < 1.29 is 14.3 Å². The average Bonchev–Trinajstić information content (AvgIpc) is 3.04. The molecule has 2 aromatic rings. The van der Waals surface area contributed by atoms with E-state index >= 15 is 0 Å². The van der Waals surface area contributed by atoms with Crippen LogP contribution in [0.3, 0.4) is 0 Å². The van der Waals surface area contributed by atoms with E-state index in [2.05, 4.69) is 21.6 Å². The van der Waals surface area contributed by atoms with Crippen molar-refractivity contribution in [3.05, 3.63) is 30.0 Å². The van der Waals surface area contributed by atoms with Gasteiger partial charge in [0.05, 0.1) is 24.2 Å². The van der Waals surface area contributed by atoms with Crippen molar-refractivity contribution in [2.45, 2.75) is 19.4 Å². The van der Waals surface area contributed by atoms with Crippen LogP contribution < -0.4 is 5.32 Å². The van der Waals surface area contributed by atoms with Crippen LogP contribution in [0.1, 0.15) is 18.4 Å². The van der Waals surface area contributed by atoms with Gasteiger partial charge in [0, 0.05) is 31.7 Å². The summed E-state index contributed by atoms with van der Waals surface area (Å²) in [6.45, 7) is 2.48. The molecule has 0 atom stereocenters. The normalized spacial score (nSPS) is 17.5. The molecule has 6 heteroatoms. The quantitative estimate of drug-likeness (QED) is 0.821. The monoisotopic (exact) mass is 303 g/mol. The van der Waals surface area contributed by atoms with Crippen LogP contribution in [-0.4, -0.2) is 43.0 Å². The molecule has 22 heavy (non-hydrogen) atoms. The van der Waals surface area contributed by atoms with Crippen LogP contribution >= 0.6 is 0 Å². The number of rotatable bonds is 5. The van der Waals surface area contributed by atoms with E-state index in [9.17, 15) is 4.79 Å². The molecule has 1 aliphatic heterocycles. The molecular formula is C16H21N3O3. The minimum atomic E-state index is -0.477. The Morgan fingerprint density at radius 2 is 2.27 bits per heavy atom. The van der Waals surface area contributed by atoms with E-state index in [4.69, 9.17) is 9.47 Å². The van der Waals surface area contributed by atoms with Crippen LogP contribution in [0.4, 0.5) is 0 Å². The number of hydrogen-bond donors (Lipinski definition) is 2. The SMILES string of the molecule is COC(=O)C1(CNCc2cccc3cn[nH]c23)CCOCC1. The van der Waals surface area contributed by atoms with Crippen molar-refractivity contribution in [1.82, 2.24) is 15.5 Å². The summed E-state index contributed by atoms with van der Waals surface area (Å²) in [5.41, 5.74) is 1.70. The number of ether oxygens (including phenoxy) is 2. The van der Waals surface area contributed by atoms with Crippen LogP contribution in [0.15, 0.2) is 24.4 Å². The summed E-state index contributed by atoms with van der Waals surface area (Å²) in [7, 11) is 1.45. The Labute approximate surface area is 129 Å².